The van der Waals surface area contributed by atoms with Crippen molar-refractivity contribution in [3.8, 4) is 0 Å². The molecular weight excluding hydrogens is 206 g/mol. The molecular formula is C13H20ClN. The Hall–Kier alpha value is -0.530. The van der Waals surface area contributed by atoms with Gasteiger partial charge < -0.3 is 5.32 Å². The second-order valence-corrected chi connectivity index (χ2v) is 5.23. The van der Waals surface area contributed by atoms with Crippen molar-refractivity contribution in [2.45, 2.75) is 32.1 Å². The minimum absolute atomic E-state index is 0. The molecule has 0 spiro atoms. The summed E-state index contributed by atoms with van der Waals surface area (Å²) in [5, 5.41) is 3.32. The van der Waals surface area contributed by atoms with E-state index in [-0.39, 0.29) is 17.8 Å². The maximum absolute atomic E-state index is 3.32. The van der Waals surface area contributed by atoms with Gasteiger partial charge >= 0.3 is 0 Å². The number of rotatable bonds is 1. The van der Waals surface area contributed by atoms with Crippen molar-refractivity contribution in [3.05, 3.63) is 35.4 Å². The molecule has 1 aliphatic rings. The maximum Gasteiger partial charge on any atom is 0.00886 e. The molecule has 2 heteroatoms. The first kappa shape index (κ1) is 12.5. The number of hydrogen-bond donors (Lipinski definition) is 1. The standard InChI is InChI=1S/C13H19N.ClH/c1-13(2,3)12-6-4-5-10(7-12)11-8-14-9-11;/h4-7,11,14H,8-9H2,1-3H3;1H. The van der Waals surface area contributed by atoms with E-state index in [2.05, 4.69) is 50.4 Å². The Labute approximate surface area is 98.7 Å². The topological polar surface area (TPSA) is 12.0 Å². The van der Waals surface area contributed by atoms with Crippen molar-refractivity contribution in [2.24, 2.45) is 0 Å². The third-order valence-electron chi connectivity index (χ3n) is 3.01. The molecule has 1 aromatic carbocycles. The van der Waals surface area contributed by atoms with Crippen LogP contribution in [-0.2, 0) is 5.41 Å². The summed E-state index contributed by atoms with van der Waals surface area (Å²) in [5.74, 6) is 0.747. The Bertz CT molecular complexity index is 324. The summed E-state index contributed by atoms with van der Waals surface area (Å²) in [4.78, 5) is 0. The summed E-state index contributed by atoms with van der Waals surface area (Å²) in [6, 6.07) is 9.04. The zero-order valence-corrected chi connectivity index (χ0v) is 10.5. The van der Waals surface area contributed by atoms with Crippen LogP contribution in [0.5, 0.6) is 0 Å². The molecule has 0 radical (unpaired) electrons. The fourth-order valence-corrected chi connectivity index (χ4v) is 1.78. The Morgan fingerprint density at radius 2 is 1.87 bits per heavy atom. The SMILES string of the molecule is CC(C)(C)c1cccc(C2CNC2)c1.Cl. The molecule has 1 fully saturated rings. The van der Waals surface area contributed by atoms with Gasteiger partial charge in [0.05, 0.1) is 0 Å². The van der Waals surface area contributed by atoms with Gasteiger partial charge in [0.1, 0.15) is 0 Å². The highest BCUT2D eigenvalue weighted by molar-refractivity contribution is 5.85. The van der Waals surface area contributed by atoms with E-state index >= 15 is 0 Å². The quantitative estimate of drug-likeness (QED) is 0.775. The lowest BCUT2D eigenvalue weighted by Gasteiger charge is -2.29. The average molecular weight is 226 g/mol. The molecule has 0 bridgehead atoms. The van der Waals surface area contributed by atoms with Crippen molar-refractivity contribution >= 4 is 12.4 Å². The predicted molar refractivity (Wildman–Crippen MR) is 68.0 cm³/mol. The first-order chi connectivity index (χ1) is 6.57. The normalized spacial score (nSPS) is 16.7. The summed E-state index contributed by atoms with van der Waals surface area (Å²) < 4.78 is 0. The Morgan fingerprint density at radius 3 is 2.33 bits per heavy atom. The van der Waals surface area contributed by atoms with Gasteiger partial charge in [-0.1, -0.05) is 45.0 Å². The fourth-order valence-electron chi connectivity index (χ4n) is 1.78. The van der Waals surface area contributed by atoms with Gasteiger partial charge in [-0.15, -0.1) is 12.4 Å². The zero-order valence-electron chi connectivity index (χ0n) is 9.71. The third kappa shape index (κ3) is 2.73. The molecule has 1 heterocycles. The largest absolute Gasteiger partial charge is 0.315 e. The monoisotopic (exact) mass is 225 g/mol. The van der Waals surface area contributed by atoms with Gasteiger partial charge in [0.15, 0.2) is 0 Å². The molecule has 1 nitrogen and oxygen atoms in total. The molecule has 1 N–H and O–H groups in total. The summed E-state index contributed by atoms with van der Waals surface area (Å²) in [5.41, 5.74) is 3.21. The number of benzene rings is 1. The first-order valence-corrected chi connectivity index (χ1v) is 5.38. The molecule has 1 saturated heterocycles. The highest BCUT2D eigenvalue weighted by Gasteiger charge is 2.20. The lowest BCUT2D eigenvalue weighted by molar-refractivity contribution is 0.447. The third-order valence-corrected chi connectivity index (χ3v) is 3.01. The summed E-state index contributed by atoms with van der Waals surface area (Å²) in [6.07, 6.45) is 0. The molecule has 0 amide bonds. The van der Waals surface area contributed by atoms with Gasteiger partial charge in [0, 0.05) is 19.0 Å². The molecule has 0 aliphatic carbocycles. The van der Waals surface area contributed by atoms with E-state index < -0.39 is 0 Å². The molecule has 0 atom stereocenters. The Morgan fingerprint density at radius 1 is 1.20 bits per heavy atom. The van der Waals surface area contributed by atoms with E-state index in [0.29, 0.717) is 0 Å². The van der Waals surface area contributed by atoms with E-state index in [1.54, 1.807) is 0 Å². The van der Waals surface area contributed by atoms with Crippen LogP contribution in [0.4, 0.5) is 0 Å². The second kappa shape index (κ2) is 4.54. The van der Waals surface area contributed by atoms with Crippen LogP contribution < -0.4 is 5.32 Å². The van der Waals surface area contributed by atoms with E-state index in [0.717, 1.165) is 19.0 Å². The van der Waals surface area contributed by atoms with Crippen LogP contribution in [0.15, 0.2) is 24.3 Å². The average Bonchev–Trinajstić information content (AvgIpc) is 2.00. The lowest BCUT2D eigenvalue weighted by atomic mass is 9.83. The minimum atomic E-state index is 0. The number of nitrogens with one attached hydrogen (secondary N) is 1. The molecule has 1 aromatic rings. The Balaban J connectivity index is 0.00000112. The van der Waals surface area contributed by atoms with Crippen molar-refractivity contribution < 1.29 is 0 Å². The van der Waals surface area contributed by atoms with Gasteiger partial charge in [0.25, 0.3) is 0 Å². The van der Waals surface area contributed by atoms with Crippen LogP contribution in [0, 0.1) is 0 Å². The molecule has 0 unspecified atom stereocenters. The van der Waals surface area contributed by atoms with Crippen LogP contribution in [-0.4, -0.2) is 13.1 Å². The van der Waals surface area contributed by atoms with Gasteiger partial charge in [-0.05, 0) is 16.5 Å². The fraction of sp³-hybridized carbons (Fsp3) is 0.538. The van der Waals surface area contributed by atoms with Crippen LogP contribution in [0.2, 0.25) is 0 Å². The summed E-state index contributed by atoms with van der Waals surface area (Å²) in [7, 11) is 0. The summed E-state index contributed by atoms with van der Waals surface area (Å²) >= 11 is 0. The van der Waals surface area contributed by atoms with Gasteiger partial charge in [-0.3, -0.25) is 0 Å². The molecule has 84 valence electrons. The zero-order chi connectivity index (χ0) is 10.2. The van der Waals surface area contributed by atoms with Crippen LogP contribution in [0.1, 0.15) is 37.8 Å². The van der Waals surface area contributed by atoms with Gasteiger partial charge in [0.2, 0.25) is 0 Å². The molecule has 1 aliphatic heterocycles. The lowest BCUT2D eigenvalue weighted by Crippen LogP contribution is -2.39. The smallest absolute Gasteiger partial charge is 0.00886 e. The number of hydrogen-bond acceptors (Lipinski definition) is 1. The summed E-state index contributed by atoms with van der Waals surface area (Å²) in [6.45, 7) is 9.10. The van der Waals surface area contributed by atoms with Crippen LogP contribution in [0.25, 0.3) is 0 Å². The highest BCUT2D eigenvalue weighted by Crippen LogP contribution is 2.27. The van der Waals surface area contributed by atoms with E-state index in [1.807, 2.05) is 0 Å². The highest BCUT2D eigenvalue weighted by atomic mass is 35.5. The van der Waals surface area contributed by atoms with Crippen LogP contribution >= 0.6 is 12.4 Å². The Kier molecular flexibility index (Phi) is 3.80. The van der Waals surface area contributed by atoms with Crippen molar-refractivity contribution in [3.63, 3.8) is 0 Å². The van der Waals surface area contributed by atoms with E-state index in [4.69, 9.17) is 0 Å². The molecule has 2 rings (SSSR count). The predicted octanol–water partition coefficient (Wildman–Crippen LogP) is 3.09. The first-order valence-electron chi connectivity index (χ1n) is 5.38. The second-order valence-electron chi connectivity index (χ2n) is 5.23. The van der Waals surface area contributed by atoms with Crippen molar-refractivity contribution in [2.75, 3.05) is 13.1 Å². The molecule has 15 heavy (non-hydrogen) atoms. The van der Waals surface area contributed by atoms with Crippen LogP contribution in [0.3, 0.4) is 0 Å². The molecule has 0 saturated carbocycles. The minimum Gasteiger partial charge on any atom is -0.315 e. The van der Waals surface area contributed by atoms with Gasteiger partial charge in [-0.25, -0.2) is 0 Å². The number of halogens is 1. The van der Waals surface area contributed by atoms with E-state index in [9.17, 15) is 0 Å². The van der Waals surface area contributed by atoms with Crippen molar-refractivity contribution in [1.82, 2.24) is 5.32 Å². The van der Waals surface area contributed by atoms with Gasteiger partial charge in [-0.2, -0.15) is 0 Å². The van der Waals surface area contributed by atoms with E-state index in [1.165, 1.54) is 11.1 Å². The maximum atomic E-state index is 3.32. The van der Waals surface area contributed by atoms with Crippen molar-refractivity contribution in [1.29, 1.82) is 0 Å². The molecule has 0 aromatic heterocycles.